The van der Waals surface area contributed by atoms with Crippen LogP contribution in [0.1, 0.15) is 18.9 Å². The van der Waals surface area contributed by atoms with Gasteiger partial charge in [0.1, 0.15) is 5.75 Å². The number of benzene rings is 1. The molecule has 2 amide bonds. The van der Waals surface area contributed by atoms with Crippen LogP contribution >= 0.6 is 0 Å². The van der Waals surface area contributed by atoms with Gasteiger partial charge in [0.05, 0.1) is 0 Å². The fourth-order valence-electron chi connectivity index (χ4n) is 2.39. The van der Waals surface area contributed by atoms with Crippen LogP contribution in [0.3, 0.4) is 0 Å². The molecule has 0 bridgehead atoms. The summed E-state index contributed by atoms with van der Waals surface area (Å²) in [6.07, 6.45) is 0.927. The molecule has 0 saturated carbocycles. The third-order valence-electron chi connectivity index (χ3n) is 3.68. The molecule has 0 atom stereocenters. The van der Waals surface area contributed by atoms with Crippen LogP contribution in [0.15, 0.2) is 24.3 Å². The van der Waals surface area contributed by atoms with Crippen molar-refractivity contribution in [2.75, 3.05) is 26.2 Å². The highest BCUT2D eigenvalue weighted by Gasteiger charge is 2.22. The molecule has 1 heterocycles. The number of para-hydroxylation sites is 1. The highest BCUT2D eigenvalue weighted by atomic mass is 16.3. The lowest BCUT2D eigenvalue weighted by Crippen LogP contribution is -2.50. The Morgan fingerprint density at radius 1 is 1.10 bits per heavy atom. The quantitative estimate of drug-likeness (QED) is 0.896. The van der Waals surface area contributed by atoms with Crippen molar-refractivity contribution in [3.63, 3.8) is 0 Å². The largest absolute Gasteiger partial charge is 0.508 e. The lowest BCUT2D eigenvalue weighted by molar-refractivity contribution is -0.138. The normalized spacial score (nSPS) is 15.2. The van der Waals surface area contributed by atoms with E-state index >= 15 is 0 Å². The number of phenols is 1. The minimum absolute atomic E-state index is 0.0614. The smallest absolute Gasteiger partial charge is 0.223 e. The van der Waals surface area contributed by atoms with Crippen LogP contribution in [-0.4, -0.2) is 52.9 Å². The predicted octanol–water partition coefficient (Wildman–Crippen LogP) is 1.02. The first-order valence-electron chi connectivity index (χ1n) is 6.88. The summed E-state index contributed by atoms with van der Waals surface area (Å²) in [6, 6.07) is 7.08. The number of phenolic OH excluding ortho intramolecular Hbond substituents is 1. The highest BCUT2D eigenvalue weighted by Crippen LogP contribution is 2.17. The predicted molar refractivity (Wildman–Crippen MR) is 75.3 cm³/mol. The Kier molecular flexibility index (Phi) is 4.61. The van der Waals surface area contributed by atoms with E-state index in [1.54, 1.807) is 28.9 Å². The molecule has 0 spiro atoms. The van der Waals surface area contributed by atoms with Gasteiger partial charge in [-0.3, -0.25) is 9.59 Å². The van der Waals surface area contributed by atoms with E-state index in [0.29, 0.717) is 39.0 Å². The summed E-state index contributed by atoms with van der Waals surface area (Å²) in [5.74, 6) is 0.379. The standard InChI is InChI=1S/C15H20N2O3/c1-12(18)16-8-10-17(11-9-16)15(20)7-6-13-4-2-3-5-14(13)19/h2-5,19H,6-11H2,1H3. The van der Waals surface area contributed by atoms with Crippen molar-refractivity contribution in [3.05, 3.63) is 29.8 Å². The third kappa shape index (κ3) is 3.50. The molecule has 0 unspecified atom stereocenters. The molecule has 1 aromatic carbocycles. The summed E-state index contributed by atoms with van der Waals surface area (Å²) in [4.78, 5) is 26.9. The molecular formula is C15H20N2O3. The number of aromatic hydroxyl groups is 1. The second kappa shape index (κ2) is 6.41. The Hall–Kier alpha value is -2.04. The van der Waals surface area contributed by atoms with Crippen LogP contribution < -0.4 is 0 Å². The van der Waals surface area contributed by atoms with Crippen LogP contribution in [0, 0.1) is 0 Å². The maximum atomic E-state index is 12.1. The molecule has 0 aromatic heterocycles. The van der Waals surface area contributed by atoms with E-state index in [9.17, 15) is 14.7 Å². The van der Waals surface area contributed by atoms with Crippen LogP contribution in [0.25, 0.3) is 0 Å². The first-order valence-corrected chi connectivity index (χ1v) is 6.88. The number of rotatable bonds is 3. The molecule has 1 fully saturated rings. The van der Waals surface area contributed by atoms with Crippen molar-refractivity contribution in [3.8, 4) is 5.75 Å². The second-order valence-corrected chi connectivity index (χ2v) is 5.02. The van der Waals surface area contributed by atoms with Gasteiger partial charge < -0.3 is 14.9 Å². The van der Waals surface area contributed by atoms with Crippen molar-refractivity contribution >= 4 is 11.8 Å². The number of carbonyl (C=O) groups excluding carboxylic acids is 2. The fraction of sp³-hybridized carbons (Fsp3) is 0.467. The molecule has 2 rings (SSSR count). The number of piperazine rings is 1. The van der Waals surface area contributed by atoms with Crippen LogP contribution in [0.2, 0.25) is 0 Å². The van der Waals surface area contributed by atoms with E-state index < -0.39 is 0 Å². The van der Waals surface area contributed by atoms with Gasteiger partial charge in [0.2, 0.25) is 11.8 Å². The Bertz CT molecular complexity index is 494. The Labute approximate surface area is 118 Å². The number of hydrogen-bond donors (Lipinski definition) is 1. The highest BCUT2D eigenvalue weighted by molar-refractivity contribution is 5.77. The van der Waals surface area contributed by atoms with Gasteiger partial charge >= 0.3 is 0 Å². The van der Waals surface area contributed by atoms with E-state index in [-0.39, 0.29) is 17.6 Å². The van der Waals surface area contributed by atoms with Crippen molar-refractivity contribution in [1.82, 2.24) is 9.80 Å². The zero-order valence-corrected chi connectivity index (χ0v) is 11.7. The van der Waals surface area contributed by atoms with Crippen LogP contribution in [-0.2, 0) is 16.0 Å². The molecule has 20 heavy (non-hydrogen) atoms. The first kappa shape index (κ1) is 14.4. The summed E-state index contributed by atoms with van der Waals surface area (Å²) in [6.45, 7) is 3.96. The summed E-state index contributed by atoms with van der Waals surface area (Å²) >= 11 is 0. The Morgan fingerprint density at radius 3 is 2.30 bits per heavy atom. The third-order valence-corrected chi connectivity index (χ3v) is 3.68. The van der Waals surface area contributed by atoms with Gasteiger partial charge in [0.25, 0.3) is 0 Å². The Morgan fingerprint density at radius 2 is 1.70 bits per heavy atom. The lowest BCUT2D eigenvalue weighted by Gasteiger charge is -2.34. The molecular weight excluding hydrogens is 256 g/mol. The number of aryl methyl sites for hydroxylation is 1. The van der Waals surface area contributed by atoms with E-state index in [1.807, 2.05) is 12.1 Å². The number of hydrogen-bond acceptors (Lipinski definition) is 3. The summed E-state index contributed by atoms with van der Waals surface area (Å²) in [5, 5.41) is 9.66. The molecule has 108 valence electrons. The summed E-state index contributed by atoms with van der Waals surface area (Å²) in [7, 11) is 0. The topological polar surface area (TPSA) is 60.9 Å². The van der Waals surface area contributed by atoms with Gasteiger partial charge in [-0.2, -0.15) is 0 Å². The Balaban J connectivity index is 1.82. The van der Waals surface area contributed by atoms with Gasteiger partial charge in [-0.15, -0.1) is 0 Å². The molecule has 1 N–H and O–H groups in total. The van der Waals surface area contributed by atoms with E-state index in [2.05, 4.69) is 0 Å². The lowest BCUT2D eigenvalue weighted by atomic mass is 10.1. The molecule has 1 aliphatic heterocycles. The van der Waals surface area contributed by atoms with Crippen molar-refractivity contribution in [1.29, 1.82) is 0 Å². The van der Waals surface area contributed by atoms with Gasteiger partial charge in [-0.25, -0.2) is 0 Å². The fourth-order valence-corrected chi connectivity index (χ4v) is 2.39. The maximum Gasteiger partial charge on any atom is 0.223 e. The zero-order valence-electron chi connectivity index (χ0n) is 11.7. The average molecular weight is 276 g/mol. The number of nitrogens with zero attached hydrogens (tertiary/aromatic N) is 2. The number of carbonyl (C=O) groups is 2. The summed E-state index contributed by atoms with van der Waals surface area (Å²) in [5.41, 5.74) is 0.795. The van der Waals surface area contributed by atoms with Crippen molar-refractivity contribution < 1.29 is 14.7 Å². The molecule has 1 aromatic rings. The molecule has 5 nitrogen and oxygen atoms in total. The maximum absolute atomic E-state index is 12.1. The van der Waals surface area contributed by atoms with Gasteiger partial charge in [0, 0.05) is 39.5 Å². The van der Waals surface area contributed by atoms with Crippen molar-refractivity contribution in [2.45, 2.75) is 19.8 Å². The number of amides is 2. The second-order valence-electron chi connectivity index (χ2n) is 5.02. The van der Waals surface area contributed by atoms with Crippen molar-refractivity contribution in [2.24, 2.45) is 0 Å². The van der Waals surface area contributed by atoms with Crippen LogP contribution in [0.5, 0.6) is 5.75 Å². The van der Waals surface area contributed by atoms with Crippen LogP contribution in [0.4, 0.5) is 0 Å². The van der Waals surface area contributed by atoms with Gasteiger partial charge in [-0.05, 0) is 18.1 Å². The monoisotopic (exact) mass is 276 g/mol. The van der Waals surface area contributed by atoms with Gasteiger partial charge in [-0.1, -0.05) is 18.2 Å². The molecule has 1 saturated heterocycles. The molecule has 5 heteroatoms. The first-order chi connectivity index (χ1) is 9.58. The average Bonchev–Trinajstić information content (AvgIpc) is 2.46. The zero-order chi connectivity index (χ0) is 14.5. The molecule has 1 aliphatic rings. The molecule has 0 radical (unpaired) electrons. The van der Waals surface area contributed by atoms with E-state index in [1.165, 1.54) is 0 Å². The summed E-state index contributed by atoms with van der Waals surface area (Å²) < 4.78 is 0. The van der Waals surface area contributed by atoms with E-state index in [0.717, 1.165) is 5.56 Å². The SMILES string of the molecule is CC(=O)N1CCN(C(=O)CCc2ccccc2O)CC1. The molecule has 0 aliphatic carbocycles. The van der Waals surface area contributed by atoms with E-state index in [4.69, 9.17) is 0 Å². The van der Waals surface area contributed by atoms with Gasteiger partial charge in [0.15, 0.2) is 0 Å². The minimum Gasteiger partial charge on any atom is -0.508 e. The minimum atomic E-state index is 0.0614.